The molecule has 0 radical (unpaired) electrons. The molecule has 1 saturated heterocycles. The fraction of sp³-hybridized carbons (Fsp3) is 0.556. The molecule has 7 nitrogen and oxygen atoms in total. The van der Waals surface area contributed by atoms with Crippen molar-refractivity contribution >= 4 is 11.9 Å². The smallest absolute Gasteiger partial charge is 0.338 e. The van der Waals surface area contributed by atoms with Crippen molar-refractivity contribution in [1.29, 1.82) is 0 Å². The van der Waals surface area contributed by atoms with Crippen molar-refractivity contribution in [3.05, 3.63) is 60.1 Å². The van der Waals surface area contributed by atoms with E-state index in [1.54, 1.807) is 37.3 Å². The quantitative estimate of drug-likeness (QED) is 0.655. The van der Waals surface area contributed by atoms with Gasteiger partial charge < -0.3 is 24.1 Å². The zero-order chi connectivity index (χ0) is 24.3. The predicted octanol–water partition coefficient (Wildman–Crippen LogP) is 4.05. The Balaban J connectivity index is 1.62. The number of aliphatic hydroxyl groups is 2. The summed E-state index contributed by atoms with van der Waals surface area (Å²) < 4.78 is 17.4. The van der Waals surface area contributed by atoms with Crippen LogP contribution in [0, 0.1) is 22.7 Å². The van der Waals surface area contributed by atoms with Gasteiger partial charge in [0.05, 0.1) is 35.7 Å². The van der Waals surface area contributed by atoms with Gasteiger partial charge in [-0.3, -0.25) is 4.79 Å². The van der Waals surface area contributed by atoms with E-state index in [0.717, 1.165) is 0 Å². The number of fused-ring (bicyclic) bond motifs is 3. The van der Waals surface area contributed by atoms with Gasteiger partial charge in [0.25, 0.3) is 0 Å². The number of hydrogen-bond donors (Lipinski definition) is 2. The molecule has 2 saturated carbocycles. The van der Waals surface area contributed by atoms with Crippen molar-refractivity contribution < 1.29 is 33.7 Å². The summed E-state index contributed by atoms with van der Waals surface area (Å²) >= 11 is 0. The highest BCUT2D eigenvalue weighted by atomic mass is 16.6. The first-order valence-corrected chi connectivity index (χ1v) is 12.0. The molecule has 8 atom stereocenters. The van der Waals surface area contributed by atoms with Crippen LogP contribution < -0.4 is 0 Å². The van der Waals surface area contributed by atoms with Gasteiger partial charge in [0.2, 0.25) is 0 Å². The SMILES string of the molecule is C[C@]12[C@H](OC(=O)c3ccccc3)[C@@H](c3ccoc3)OC(=O)[C@@H]1CC[C@]1(C)[C@@H]2CC[C@@H](O)[C@]1(C)O. The number of esters is 2. The maximum Gasteiger partial charge on any atom is 0.338 e. The van der Waals surface area contributed by atoms with Crippen LogP contribution in [0.1, 0.15) is 68.5 Å². The molecule has 7 heteroatoms. The van der Waals surface area contributed by atoms with E-state index >= 15 is 0 Å². The largest absolute Gasteiger partial charge is 0.472 e. The number of furan rings is 1. The third kappa shape index (κ3) is 3.17. The molecule has 1 aromatic carbocycles. The van der Waals surface area contributed by atoms with Crippen molar-refractivity contribution in [2.75, 3.05) is 0 Å². The molecule has 5 rings (SSSR count). The van der Waals surface area contributed by atoms with Crippen LogP contribution in [-0.2, 0) is 14.3 Å². The standard InChI is InChI=1S/C27H32O7/c1-25-13-11-18-24(30)33-21(17-12-14-32-15-17)22(34-23(29)16-7-5-4-6-8-16)26(18,2)19(25)9-10-20(28)27(25,3)31/h4-8,12,14-15,18-22,28,31H,9-11,13H2,1-3H3/t18-,19-,20+,21+,22+,25+,26-,27-/m0/s1. The summed E-state index contributed by atoms with van der Waals surface area (Å²) in [5.41, 5.74) is -1.81. The van der Waals surface area contributed by atoms with E-state index in [0.29, 0.717) is 36.8 Å². The van der Waals surface area contributed by atoms with Crippen molar-refractivity contribution in [3.63, 3.8) is 0 Å². The van der Waals surface area contributed by atoms with E-state index < -0.39 is 46.6 Å². The highest BCUT2D eigenvalue weighted by Gasteiger charge is 2.70. The fourth-order valence-corrected chi connectivity index (χ4v) is 7.07. The van der Waals surface area contributed by atoms with Crippen LogP contribution in [-0.4, -0.2) is 40.0 Å². The molecule has 0 spiro atoms. The number of aliphatic hydroxyl groups excluding tert-OH is 1. The topological polar surface area (TPSA) is 106 Å². The minimum Gasteiger partial charge on any atom is -0.472 e. The highest BCUT2D eigenvalue weighted by molar-refractivity contribution is 5.89. The lowest BCUT2D eigenvalue weighted by atomic mass is 9.41. The maximum atomic E-state index is 13.3. The molecule has 3 aliphatic rings. The summed E-state index contributed by atoms with van der Waals surface area (Å²) in [4.78, 5) is 26.6. The third-order valence-corrected chi connectivity index (χ3v) is 9.29. The molecule has 0 bridgehead atoms. The number of hydrogen-bond acceptors (Lipinski definition) is 7. The Hall–Kier alpha value is -2.64. The number of carbonyl (C=O) groups is 2. The Morgan fingerprint density at radius 1 is 1.09 bits per heavy atom. The van der Waals surface area contributed by atoms with E-state index in [4.69, 9.17) is 13.9 Å². The molecular weight excluding hydrogens is 436 g/mol. The van der Waals surface area contributed by atoms with Crippen LogP contribution in [0.15, 0.2) is 53.3 Å². The van der Waals surface area contributed by atoms with Gasteiger partial charge in [-0.25, -0.2) is 4.79 Å². The van der Waals surface area contributed by atoms with Gasteiger partial charge in [0.1, 0.15) is 6.10 Å². The summed E-state index contributed by atoms with van der Waals surface area (Å²) in [7, 11) is 0. The Morgan fingerprint density at radius 3 is 2.50 bits per heavy atom. The Morgan fingerprint density at radius 2 is 1.82 bits per heavy atom. The molecular formula is C27H32O7. The first kappa shape index (κ1) is 23.1. The van der Waals surface area contributed by atoms with Crippen LogP contribution in [0.4, 0.5) is 0 Å². The first-order valence-electron chi connectivity index (χ1n) is 12.0. The number of ether oxygens (including phenoxy) is 2. The molecule has 2 N–H and O–H groups in total. The average molecular weight is 469 g/mol. The zero-order valence-electron chi connectivity index (χ0n) is 19.8. The molecule has 3 fully saturated rings. The van der Waals surface area contributed by atoms with Crippen LogP contribution >= 0.6 is 0 Å². The van der Waals surface area contributed by atoms with Gasteiger partial charge in [0, 0.05) is 16.4 Å². The minimum atomic E-state index is -1.34. The van der Waals surface area contributed by atoms with E-state index in [-0.39, 0.29) is 11.9 Å². The first-order chi connectivity index (χ1) is 16.1. The molecule has 1 aliphatic heterocycles. The van der Waals surface area contributed by atoms with E-state index in [2.05, 4.69) is 0 Å². The number of carbonyl (C=O) groups excluding carboxylic acids is 2. The van der Waals surface area contributed by atoms with Gasteiger partial charge in [-0.05, 0) is 56.7 Å². The minimum absolute atomic E-state index is 0.187. The molecule has 2 heterocycles. The highest BCUT2D eigenvalue weighted by Crippen LogP contribution is 2.67. The zero-order valence-corrected chi connectivity index (χ0v) is 19.8. The summed E-state index contributed by atoms with van der Waals surface area (Å²) in [6.07, 6.45) is 2.56. The molecule has 34 heavy (non-hydrogen) atoms. The summed E-state index contributed by atoms with van der Waals surface area (Å²) in [6, 6.07) is 10.5. The molecule has 1 aromatic heterocycles. The van der Waals surface area contributed by atoms with Crippen molar-refractivity contribution in [1.82, 2.24) is 0 Å². The van der Waals surface area contributed by atoms with E-state index in [1.807, 2.05) is 19.9 Å². The maximum absolute atomic E-state index is 13.3. The van der Waals surface area contributed by atoms with Crippen LogP contribution in [0.5, 0.6) is 0 Å². The second-order valence-corrected chi connectivity index (χ2v) is 10.8. The third-order valence-electron chi connectivity index (χ3n) is 9.29. The van der Waals surface area contributed by atoms with E-state index in [9.17, 15) is 19.8 Å². The van der Waals surface area contributed by atoms with Crippen molar-refractivity contribution in [2.24, 2.45) is 22.7 Å². The second kappa shape index (κ2) is 7.95. The molecule has 182 valence electrons. The average Bonchev–Trinajstić information content (AvgIpc) is 3.34. The van der Waals surface area contributed by atoms with Gasteiger partial charge >= 0.3 is 11.9 Å². The second-order valence-electron chi connectivity index (χ2n) is 10.8. The number of benzene rings is 1. The van der Waals surface area contributed by atoms with Gasteiger partial charge in [-0.1, -0.05) is 32.0 Å². The van der Waals surface area contributed by atoms with E-state index in [1.165, 1.54) is 12.5 Å². The van der Waals surface area contributed by atoms with Gasteiger partial charge in [0.15, 0.2) is 6.10 Å². The molecule has 2 aliphatic carbocycles. The lowest BCUT2D eigenvalue weighted by molar-refractivity contribution is -0.275. The monoisotopic (exact) mass is 468 g/mol. The van der Waals surface area contributed by atoms with Gasteiger partial charge in [-0.2, -0.15) is 0 Å². The van der Waals surface area contributed by atoms with Crippen molar-refractivity contribution in [2.45, 2.75) is 70.4 Å². The van der Waals surface area contributed by atoms with Crippen LogP contribution in [0.2, 0.25) is 0 Å². The Bertz CT molecular complexity index is 1060. The van der Waals surface area contributed by atoms with Crippen molar-refractivity contribution in [3.8, 4) is 0 Å². The Labute approximate surface area is 199 Å². The van der Waals surface area contributed by atoms with Gasteiger partial charge in [-0.15, -0.1) is 0 Å². The lowest BCUT2D eigenvalue weighted by Crippen LogP contribution is -2.70. The predicted molar refractivity (Wildman–Crippen MR) is 121 cm³/mol. The normalized spacial score (nSPS) is 41.7. The molecule has 2 aromatic rings. The molecule has 0 amide bonds. The van der Waals surface area contributed by atoms with Crippen LogP contribution in [0.3, 0.4) is 0 Å². The molecule has 0 unspecified atom stereocenters. The fourth-order valence-electron chi connectivity index (χ4n) is 7.07. The Kier molecular flexibility index (Phi) is 5.41. The van der Waals surface area contributed by atoms with Crippen LogP contribution in [0.25, 0.3) is 0 Å². The summed E-state index contributed by atoms with van der Waals surface area (Å²) in [5.74, 6) is -1.50. The summed E-state index contributed by atoms with van der Waals surface area (Å²) in [5, 5.41) is 22.2. The number of cyclic esters (lactones) is 1. The summed E-state index contributed by atoms with van der Waals surface area (Å²) in [6.45, 7) is 5.67. The number of rotatable bonds is 3. The lowest BCUT2D eigenvalue weighted by Gasteiger charge is -2.66.